The lowest BCUT2D eigenvalue weighted by Gasteiger charge is -2.26. The van der Waals surface area contributed by atoms with Gasteiger partial charge >= 0.3 is 0 Å². The molecule has 1 aromatic carbocycles. The molecule has 0 radical (unpaired) electrons. The summed E-state index contributed by atoms with van der Waals surface area (Å²) in [5.41, 5.74) is 3.72. The normalized spacial score (nSPS) is 13.9. The smallest absolute Gasteiger partial charge is 0.255 e. The number of nitrogens with one attached hydrogen (secondary N) is 2. The van der Waals surface area contributed by atoms with Crippen molar-refractivity contribution in [1.29, 1.82) is 0 Å². The van der Waals surface area contributed by atoms with Crippen LogP contribution < -0.4 is 5.56 Å². The first-order valence-corrected chi connectivity index (χ1v) is 9.55. The molecule has 0 aliphatic carbocycles. The Hall–Kier alpha value is -3.72. The third-order valence-electron chi connectivity index (χ3n) is 5.14. The van der Waals surface area contributed by atoms with Crippen LogP contribution in [0.4, 0.5) is 4.39 Å². The molecule has 9 heteroatoms. The maximum Gasteiger partial charge on any atom is 0.255 e. The maximum absolute atomic E-state index is 13.1. The minimum atomic E-state index is -0.271. The number of halogens is 1. The van der Waals surface area contributed by atoms with Crippen molar-refractivity contribution < 1.29 is 4.39 Å². The number of nitrogens with zero attached hydrogens (tertiary/aromatic N) is 5. The summed E-state index contributed by atoms with van der Waals surface area (Å²) < 4.78 is 13.1. The highest BCUT2D eigenvalue weighted by Gasteiger charge is 2.22. The molecule has 4 heterocycles. The van der Waals surface area contributed by atoms with Gasteiger partial charge in [0.25, 0.3) is 5.56 Å². The number of rotatable bonds is 4. The van der Waals surface area contributed by atoms with Crippen LogP contribution in [0.25, 0.3) is 22.6 Å². The number of aromatic nitrogens is 6. The highest BCUT2D eigenvalue weighted by atomic mass is 19.1. The van der Waals surface area contributed by atoms with Crippen molar-refractivity contribution in [2.24, 2.45) is 0 Å². The lowest BCUT2D eigenvalue weighted by atomic mass is 10.1. The molecule has 0 saturated carbocycles. The van der Waals surface area contributed by atoms with Crippen molar-refractivity contribution >= 4 is 0 Å². The Labute approximate surface area is 170 Å². The summed E-state index contributed by atoms with van der Waals surface area (Å²) in [6, 6.07) is 6.27. The van der Waals surface area contributed by atoms with Crippen LogP contribution in [0.2, 0.25) is 0 Å². The first-order chi connectivity index (χ1) is 14.7. The molecule has 1 aliphatic heterocycles. The summed E-state index contributed by atoms with van der Waals surface area (Å²) in [5.74, 6) is 1.01. The van der Waals surface area contributed by atoms with Gasteiger partial charge in [-0.15, -0.1) is 0 Å². The summed E-state index contributed by atoms with van der Waals surface area (Å²) in [6.07, 6.45) is 7.10. The van der Waals surface area contributed by atoms with Crippen molar-refractivity contribution in [3.8, 4) is 22.6 Å². The van der Waals surface area contributed by atoms with Crippen LogP contribution in [0.1, 0.15) is 17.1 Å². The van der Waals surface area contributed by atoms with Gasteiger partial charge in [0.1, 0.15) is 23.8 Å². The van der Waals surface area contributed by atoms with Crippen molar-refractivity contribution in [2.45, 2.75) is 19.5 Å². The number of hydrogen-bond donors (Lipinski definition) is 2. The van der Waals surface area contributed by atoms with E-state index in [1.807, 2.05) is 0 Å². The van der Waals surface area contributed by atoms with E-state index in [1.165, 1.54) is 18.5 Å². The average Bonchev–Trinajstić information content (AvgIpc) is 3.23. The third-order valence-corrected chi connectivity index (χ3v) is 5.14. The maximum atomic E-state index is 13.1. The number of H-pyrrole nitrogens is 2. The van der Waals surface area contributed by atoms with Crippen LogP contribution >= 0.6 is 0 Å². The molecule has 0 atom stereocenters. The van der Waals surface area contributed by atoms with E-state index in [-0.39, 0.29) is 11.4 Å². The molecule has 0 amide bonds. The molecule has 4 aromatic rings. The van der Waals surface area contributed by atoms with Gasteiger partial charge in [0.05, 0.1) is 35.3 Å². The first kappa shape index (κ1) is 18.3. The standard InChI is InChI=1S/C21H18FN7O/c22-15-3-1-13(2-4-15)18-9-25-19(26-18)11-29-6-5-17-16(10-29)21(30)28-20(27-17)14-7-23-12-24-8-14/h1-4,7-9,12H,5-6,10-11H2,(H,25,26)(H,27,28,30). The van der Waals surface area contributed by atoms with Gasteiger partial charge < -0.3 is 9.97 Å². The van der Waals surface area contributed by atoms with E-state index >= 15 is 0 Å². The summed E-state index contributed by atoms with van der Waals surface area (Å²) >= 11 is 0. The monoisotopic (exact) mass is 403 g/mol. The highest BCUT2D eigenvalue weighted by Crippen LogP contribution is 2.21. The Kier molecular flexibility index (Phi) is 4.64. The van der Waals surface area contributed by atoms with Gasteiger partial charge in [0.15, 0.2) is 0 Å². The molecule has 30 heavy (non-hydrogen) atoms. The van der Waals surface area contributed by atoms with Crippen molar-refractivity contribution in [2.75, 3.05) is 6.54 Å². The second-order valence-corrected chi connectivity index (χ2v) is 7.18. The van der Waals surface area contributed by atoms with E-state index in [2.05, 4.69) is 34.8 Å². The van der Waals surface area contributed by atoms with E-state index in [0.29, 0.717) is 36.5 Å². The number of hydrogen-bond acceptors (Lipinski definition) is 6. The minimum Gasteiger partial charge on any atom is -0.341 e. The lowest BCUT2D eigenvalue weighted by Crippen LogP contribution is -2.35. The molecular formula is C21H18FN7O. The van der Waals surface area contributed by atoms with Crippen LogP contribution in [0, 0.1) is 5.82 Å². The van der Waals surface area contributed by atoms with E-state index < -0.39 is 0 Å². The molecule has 3 aromatic heterocycles. The lowest BCUT2D eigenvalue weighted by molar-refractivity contribution is 0.236. The van der Waals surface area contributed by atoms with Gasteiger partial charge in [0, 0.05) is 31.9 Å². The zero-order valence-electron chi connectivity index (χ0n) is 16.0. The zero-order valence-corrected chi connectivity index (χ0v) is 16.0. The van der Waals surface area contributed by atoms with Gasteiger partial charge in [-0.25, -0.2) is 24.3 Å². The topological polar surface area (TPSA) is 103 Å². The summed E-state index contributed by atoms with van der Waals surface area (Å²) in [6.45, 7) is 1.84. The van der Waals surface area contributed by atoms with E-state index in [1.54, 1.807) is 30.7 Å². The highest BCUT2D eigenvalue weighted by molar-refractivity contribution is 5.58. The van der Waals surface area contributed by atoms with Gasteiger partial charge in [-0.2, -0.15) is 0 Å². The molecule has 1 aliphatic rings. The number of imidazole rings is 1. The summed E-state index contributed by atoms with van der Waals surface area (Å²) in [4.78, 5) is 37.9. The molecule has 0 spiro atoms. The van der Waals surface area contributed by atoms with Crippen molar-refractivity contribution in [3.05, 3.63) is 82.4 Å². The molecule has 0 fully saturated rings. The van der Waals surface area contributed by atoms with Crippen LogP contribution in [-0.2, 0) is 19.5 Å². The average molecular weight is 403 g/mol. The van der Waals surface area contributed by atoms with Crippen LogP contribution in [0.3, 0.4) is 0 Å². The second kappa shape index (κ2) is 7.60. The van der Waals surface area contributed by atoms with Crippen molar-refractivity contribution in [3.63, 3.8) is 0 Å². The third kappa shape index (κ3) is 3.62. The summed E-state index contributed by atoms with van der Waals surface area (Å²) in [5, 5.41) is 0. The Balaban J connectivity index is 1.33. The molecule has 0 bridgehead atoms. The SMILES string of the molecule is O=c1[nH]c(-c2cncnc2)nc2c1CN(Cc1ncc(-c3ccc(F)cc3)[nH]1)CC2. The molecule has 5 rings (SSSR count). The molecule has 8 nitrogen and oxygen atoms in total. The van der Waals surface area contributed by atoms with Gasteiger partial charge in [0.2, 0.25) is 0 Å². The number of fused-ring (bicyclic) bond motifs is 1. The molecule has 150 valence electrons. The molecular weight excluding hydrogens is 385 g/mol. The largest absolute Gasteiger partial charge is 0.341 e. The van der Waals surface area contributed by atoms with E-state index in [0.717, 1.165) is 29.3 Å². The summed E-state index contributed by atoms with van der Waals surface area (Å²) in [7, 11) is 0. The van der Waals surface area contributed by atoms with Crippen LogP contribution in [-0.4, -0.2) is 41.3 Å². The number of benzene rings is 1. The Morgan fingerprint density at radius 2 is 1.83 bits per heavy atom. The van der Waals surface area contributed by atoms with Gasteiger partial charge in [-0.3, -0.25) is 9.69 Å². The number of aromatic amines is 2. The minimum absolute atomic E-state index is 0.144. The molecule has 0 unspecified atom stereocenters. The fraction of sp³-hybridized carbons (Fsp3) is 0.190. The molecule has 2 N–H and O–H groups in total. The zero-order chi connectivity index (χ0) is 20.5. The predicted octanol–water partition coefficient (Wildman–Crippen LogP) is 2.31. The van der Waals surface area contributed by atoms with E-state index in [9.17, 15) is 9.18 Å². The quantitative estimate of drug-likeness (QED) is 0.542. The van der Waals surface area contributed by atoms with Crippen molar-refractivity contribution in [1.82, 2.24) is 34.8 Å². The fourth-order valence-electron chi connectivity index (χ4n) is 3.60. The fourth-order valence-corrected chi connectivity index (χ4v) is 3.60. The molecule has 0 saturated heterocycles. The first-order valence-electron chi connectivity index (χ1n) is 9.55. The Morgan fingerprint density at radius 3 is 2.63 bits per heavy atom. The second-order valence-electron chi connectivity index (χ2n) is 7.18. The van der Waals surface area contributed by atoms with Crippen LogP contribution in [0.15, 0.2) is 54.0 Å². The van der Waals surface area contributed by atoms with Crippen LogP contribution in [0.5, 0.6) is 0 Å². The predicted molar refractivity (Wildman–Crippen MR) is 108 cm³/mol. The Morgan fingerprint density at radius 1 is 1.03 bits per heavy atom. The van der Waals surface area contributed by atoms with E-state index in [4.69, 9.17) is 0 Å². The van der Waals surface area contributed by atoms with Gasteiger partial charge in [-0.1, -0.05) is 0 Å². The van der Waals surface area contributed by atoms with Gasteiger partial charge in [-0.05, 0) is 29.8 Å². The Bertz CT molecular complexity index is 1230.